The number of carbonyl (C=O) groups is 2. The van der Waals surface area contributed by atoms with E-state index in [1.165, 1.54) is 23.6 Å². The summed E-state index contributed by atoms with van der Waals surface area (Å²) in [6.45, 7) is 7.21. The van der Waals surface area contributed by atoms with Crippen LogP contribution >= 0.6 is 11.3 Å². The first kappa shape index (κ1) is 24.9. The van der Waals surface area contributed by atoms with Gasteiger partial charge in [-0.2, -0.15) is 0 Å². The van der Waals surface area contributed by atoms with Gasteiger partial charge in [-0.1, -0.05) is 24.3 Å². The Bertz CT molecular complexity index is 1080. The molecule has 0 spiro atoms. The van der Waals surface area contributed by atoms with Gasteiger partial charge in [0.2, 0.25) is 0 Å². The summed E-state index contributed by atoms with van der Waals surface area (Å²) in [5, 5.41) is 21.7. The standard InChI is InChI=1S/C23H27NO7S/c1-13(2)30-19-9-8-16(32-19)11-15(4)21(26)20-17(25)12-18(31-22(20)27)14(3)7-5-6-10-24-23(28)29/h6,8-14,24-25H,5,7H2,1-4H3,(H,28,29)/b10-6+,15-11?. The van der Waals surface area contributed by atoms with Crippen molar-refractivity contribution in [1.29, 1.82) is 0 Å². The van der Waals surface area contributed by atoms with Crippen molar-refractivity contribution in [2.45, 2.75) is 52.6 Å². The molecular weight excluding hydrogens is 434 g/mol. The van der Waals surface area contributed by atoms with Crippen molar-refractivity contribution in [2.24, 2.45) is 0 Å². The maximum atomic E-state index is 12.8. The molecule has 8 nitrogen and oxygen atoms in total. The monoisotopic (exact) mass is 461 g/mol. The number of allylic oxidation sites excluding steroid dienone is 2. The van der Waals surface area contributed by atoms with Gasteiger partial charge in [-0.05, 0) is 57.4 Å². The largest absolute Gasteiger partial charge is 0.507 e. The Morgan fingerprint density at radius 1 is 1.28 bits per heavy atom. The van der Waals surface area contributed by atoms with Gasteiger partial charge < -0.3 is 19.4 Å². The number of carbonyl (C=O) groups excluding carboxylic acids is 1. The molecule has 2 rings (SSSR count). The smallest absolute Gasteiger partial charge is 0.408 e. The van der Waals surface area contributed by atoms with E-state index in [-0.39, 0.29) is 23.4 Å². The van der Waals surface area contributed by atoms with Gasteiger partial charge in [-0.25, -0.2) is 9.59 Å². The maximum Gasteiger partial charge on any atom is 0.408 e. The summed E-state index contributed by atoms with van der Waals surface area (Å²) < 4.78 is 10.9. The average Bonchev–Trinajstić information content (AvgIpc) is 3.12. The lowest BCUT2D eigenvalue weighted by Gasteiger charge is -2.11. The number of aromatic hydroxyl groups is 1. The van der Waals surface area contributed by atoms with Gasteiger partial charge in [-0.15, -0.1) is 0 Å². The second-order valence-corrected chi connectivity index (χ2v) is 8.58. The van der Waals surface area contributed by atoms with E-state index in [2.05, 4.69) is 5.32 Å². The predicted molar refractivity (Wildman–Crippen MR) is 123 cm³/mol. The van der Waals surface area contributed by atoms with Gasteiger partial charge in [-0.3, -0.25) is 10.1 Å². The first-order chi connectivity index (χ1) is 15.1. The minimum absolute atomic E-state index is 0.0353. The highest BCUT2D eigenvalue weighted by Crippen LogP contribution is 2.29. The number of hydrogen-bond acceptors (Lipinski definition) is 7. The molecule has 0 fully saturated rings. The van der Waals surface area contributed by atoms with Crippen molar-refractivity contribution in [3.05, 3.63) is 62.7 Å². The SMILES string of the molecule is CC(=Cc1ccc(OC(C)C)s1)C(=O)c1c(O)cc(C(C)CC/C=C/NC(=O)O)oc1=O. The van der Waals surface area contributed by atoms with Crippen LogP contribution in [0.5, 0.6) is 10.8 Å². The molecule has 0 saturated carbocycles. The average molecular weight is 462 g/mol. The van der Waals surface area contributed by atoms with Crippen LogP contribution in [-0.4, -0.2) is 28.2 Å². The molecule has 2 aromatic heterocycles. The van der Waals surface area contributed by atoms with Crippen molar-refractivity contribution < 1.29 is 29.0 Å². The summed E-state index contributed by atoms with van der Waals surface area (Å²) in [6.07, 6.45) is 4.53. The molecule has 0 saturated heterocycles. The highest BCUT2D eigenvalue weighted by atomic mass is 32.1. The first-order valence-corrected chi connectivity index (χ1v) is 10.9. The number of nitrogens with one attached hydrogen (secondary N) is 1. The van der Waals surface area contributed by atoms with Crippen LogP contribution in [0.25, 0.3) is 6.08 Å². The van der Waals surface area contributed by atoms with Crippen LogP contribution in [0.4, 0.5) is 4.79 Å². The van der Waals surface area contributed by atoms with E-state index in [0.29, 0.717) is 12.8 Å². The highest BCUT2D eigenvalue weighted by molar-refractivity contribution is 7.14. The van der Waals surface area contributed by atoms with Crippen LogP contribution in [0.2, 0.25) is 0 Å². The molecule has 172 valence electrons. The van der Waals surface area contributed by atoms with E-state index in [1.54, 1.807) is 26.0 Å². The van der Waals surface area contributed by atoms with E-state index < -0.39 is 28.8 Å². The second kappa shape index (κ2) is 11.3. The molecule has 2 heterocycles. The van der Waals surface area contributed by atoms with Crippen LogP contribution < -0.4 is 15.7 Å². The van der Waals surface area contributed by atoms with Gasteiger partial charge in [0, 0.05) is 23.1 Å². The Morgan fingerprint density at radius 2 is 2.00 bits per heavy atom. The predicted octanol–water partition coefficient (Wildman–Crippen LogP) is 5.15. The number of rotatable bonds is 10. The molecule has 1 amide bonds. The number of Topliss-reactive ketones (excluding diaryl/α,β-unsaturated/α-hetero) is 1. The summed E-state index contributed by atoms with van der Waals surface area (Å²) >= 11 is 1.37. The molecule has 0 aromatic carbocycles. The van der Waals surface area contributed by atoms with Crippen LogP contribution in [0, 0.1) is 0 Å². The van der Waals surface area contributed by atoms with Crippen LogP contribution in [0.3, 0.4) is 0 Å². The molecule has 0 aliphatic heterocycles. The number of hydrogen-bond donors (Lipinski definition) is 3. The molecule has 32 heavy (non-hydrogen) atoms. The molecule has 0 radical (unpaired) electrons. The summed E-state index contributed by atoms with van der Waals surface area (Å²) in [6, 6.07) is 4.90. The van der Waals surface area contributed by atoms with Gasteiger partial charge in [0.15, 0.2) is 10.8 Å². The Labute approximate surface area is 189 Å². The van der Waals surface area contributed by atoms with Crippen molar-refractivity contribution in [2.75, 3.05) is 0 Å². The topological polar surface area (TPSA) is 126 Å². The molecule has 0 aliphatic rings. The lowest BCUT2D eigenvalue weighted by molar-refractivity contribution is 0.102. The number of amides is 1. The molecule has 2 aromatic rings. The summed E-state index contributed by atoms with van der Waals surface area (Å²) in [5.74, 6) is -1.02. The van der Waals surface area contributed by atoms with Gasteiger partial charge in [0.25, 0.3) is 0 Å². The van der Waals surface area contributed by atoms with E-state index in [0.717, 1.165) is 9.94 Å². The minimum Gasteiger partial charge on any atom is -0.507 e. The fourth-order valence-corrected chi connectivity index (χ4v) is 3.82. The number of ketones is 1. The number of thiophene rings is 1. The Kier molecular flexibility index (Phi) is 8.83. The van der Waals surface area contributed by atoms with Gasteiger partial charge >= 0.3 is 11.7 Å². The molecule has 9 heteroatoms. The number of carboxylic acid groups (broad SMARTS) is 1. The summed E-state index contributed by atoms with van der Waals surface area (Å²) in [4.78, 5) is 36.4. The minimum atomic E-state index is -1.15. The zero-order chi connectivity index (χ0) is 23.8. The lowest BCUT2D eigenvalue weighted by atomic mass is 10.00. The van der Waals surface area contributed by atoms with E-state index in [9.17, 15) is 19.5 Å². The first-order valence-electron chi connectivity index (χ1n) is 10.1. The molecule has 3 N–H and O–H groups in total. The van der Waals surface area contributed by atoms with E-state index in [1.807, 2.05) is 26.0 Å². The van der Waals surface area contributed by atoms with Crippen molar-refractivity contribution in [3.8, 4) is 10.8 Å². The molecule has 1 unspecified atom stereocenters. The molecular formula is C23H27NO7S. The van der Waals surface area contributed by atoms with Crippen LogP contribution in [-0.2, 0) is 0 Å². The summed E-state index contributed by atoms with van der Waals surface area (Å²) in [5.41, 5.74) is -1.03. The zero-order valence-electron chi connectivity index (χ0n) is 18.4. The van der Waals surface area contributed by atoms with Gasteiger partial charge in [0.1, 0.15) is 17.1 Å². The summed E-state index contributed by atoms with van der Waals surface area (Å²) in [7, 11) is 0. The second-order valence-electron chi connectivity index (χ2n) is 7.51. The van der Waals surface area contributed by atoms with Crippen LogP contribution in [0.15, 0.2) is 45.3 Å². The normalized spacial score (nSPS) is 12.8. The highest BCUT2D eigenvalue weighted by Gasteiger charge is 2.22. The van der Waals surface area contributed by atoms with Crippen molar-refractivity contribution in [1.82, 2.24) is 5.32 Å². The molecule has 0 bridgehead atoms. The third-order valence-corrected chi connectivity index (χ3v) is 5.35. The van der Waals surface area contributed by atoms with Gasteiger partial charge in [0.05, 0.1) is 6.10 Å². The zero-order valence-corrected chi connectivity index (χ0v) is 19.2. The van der Waals surface area contributed by atoms with Crippen molar-refractivity contribution in [3.63, 3.8) is 0 Å². The fourth-order valence-electron chi connectivity index (χ4n) is 2.84. The Balaban J connectivity index is 2.13. The van der Waals surface area contributed by atoms with Crippen LogP contribution in [0.1, 0.15) is 67.4 Å². The van der Waals surface area contributed by atoms with Crippen molar-refractivity contribution >= 4 is 29.3 Å². The third kappa shape index (κ3) is 7.12. The quantitative estimate of drug-likeness (QED) is 0.330. The lowest BCUT2D eigenvalue weighted by Crippen LogP contribution is -2.16. The molecule has 0 aliphatic carbocycles. The Morgan fingerprint density at radius 3 is 2.62 bits per heavy atom. The Hall–Kier alpha value is -3.33. The fraction of sp³-hybridized carbons (Fsp3) is 0.348. The van der Waals surface area contributed by atoms with E-state index in [4.69, 9.17) is 14.3 Å². The number of ether oxygens (including phenoxy) is 1. The third-order valence-electron chi connectivity index (χ3n) is 4.42. The van der Waals surface area contributed by atoms with E-state index >= 15 is 0 Å². The maximum absolute atomic E-state index is 12.8. The molecule has 1 atom stereocenters.